The molecule has 1 saturated carbocycles. The number of nitrogens with two attached hydrogens (primary N) is 1. The molecule has 0 aromatic carbocycles. The van der Waals surface area contributed by atoms with Crippen LogP contribution in [0.2, 0.25) is 0 Å². The van der Waals surface area contributed by atoms with Crippen molar-refractivity contribution in [3.8, 4) is 0 Å². The maximum absolute atomic E-state index is 11.3. The molecular weight excluding hydrogens is 210 g/mol. The molecule has 1 aliphatic carbocycles. The van der Waals surface area contributed by atoms with E-state index in [9.17, 15) is 9.59 Å². The lowest BCUT2D eigenvalue weighted by Gasteiger charge is -2.34. The molecule has 0 aromatic heterocycles. The largest absolute Gasteiger partial charge is 0.444 e. The summed E-state index contributed by atoms with van der Waals surface area (Å²) < 4.78 is 5.09. The van der Waals surface area contributed by atoms with E-state index in [1.54, 1.807) is 20.8 Å². The van der Waals surface area contributed by atoms with E-state index in [-0.39, 0.29) is 17.9 Å². The Bertz CT molecular complexity index is 280. The average Bonchev–Trinajstić information content (AvgIpc) is 2.06. The number of alkyl carbamates (subject to hydrolysis) is 1. The van der Waals surface area contributed by atoms with Gasteiger partial charge >= 0.3 is 6.09 Å². The van der Waals surface area contributed by atoms with E-state index in [2.05, 4.69) is 10.7 Å². The fourth-order valence-corrected chi connectivity index (χ4v) is 1.54. The number of hydrazine groups is 1. The summed E-state index contributed by atoms with van der Waals surface area (Å²) in [5, 5.41) is 2.70. The van der Waals surface area contributed by atoms with Crippen molar-refractivity contribution >= 4 is 12.0 Å². The monoisotopic (exact) mass is 229 g/mol. The summed E-state index contributed by atoms with van der Waals surface area (Å²) in [5.41, 5.74) is 1.60. The molecule has 0 unspecified atom stereocenters. The minimum absolute atomic E-state index is 0.0112. The minimum atomic E-state index is -0.498. The van der Waals surface area contributed by atoms with E-state index >= 15 is 0 Å². The predicted octanol–water partition coefficient (Wildman–Crippen LogP) is 0.280. The molecule has 4 N–H and O–H groups in total. The van der Waals surface area contributed by atoms with E-state index in [0.29, 0.717) is 12.8 Å². The maximum atomic E-state index is 11.3. The van der Waals surface area contributed by atoms with Gasteiger partial charge in [-0.2, -0.15) is 0 Å². The highest BCUT2D eigenvalue weighted by Gasteiger charge is 2.35. The van der Waals surface area contributed by atoms with Crippen LogP contribution in [0.4, 0.5) is 4.79 Å². The van der Waals surface area contributed by atoms with E-state index in [0.717, 1.165) is 0 Å². The highest BCUT2D eigenvalue weighted by molar-refractivity contribution is 5.79. The van der Waals surface area contributed by atoms with Crippen LogP contribution < -0.4 is 16.6 Å². The van der Waals surface area contributed by atoms with E-state index in [1.807, 2.05) is 0 Å². The molecule has 1 rings (SSSR count). The molecule has 0 atom stereocenters. The second-order valence-electron chi connectivity index (χ2n) is 5.02. The van der Waals surface area contributed by atoms with Crippen molar-refractivity contribution in [3.63, 3.8) is 0 Å². The Labute approximate surface area is 94.9 Å². The Hall–Kier alpha value is -1.30. The average molecular weight is 229 g/mol. The first kappa shape index (κ1) is 12.8. The van der Waals surface area contributed by atoms with Crippen LogP contribution in [0, 0.1) is 5.92 Å². The van der Waals surface area contributed by atoms with E-state index in [1.165, 1.54) is 0 Å². The van der Waals surface area contributed by atoms with Crippen LogP contribution in [0.5, 0.6) is 0 Å². The van der Waals surface area contributed by atoms with Crippen molar-refractivity contribution in [2.24, 2.45) is 11.8 Å². The molecule has 0 spiro atoms. The van der Waals surface area contributed by atoms with Crippen molar-refractivity contribution in [2.45, 2.75) is 45.3 Å². The van der Waals surface area contributed by atoms with Gasteiger partial charge in [0.15, 0.2) is 0 Å². The van der Waals surface area contributed by atoms with Gasteiger partial charge in [-0.05, 0) is 33.6 Å². The Morgan fingerprint density at radius 3 is 2.31 bits per heavy atom. The van der Waals surface area contributed by atoms with Crippen LogP contribution in [0.25, 0.3) is 0 Å². The van der Waals surface area contributed by atoms with Gasteiger partial charge in [-0.25, -0.2) is 10.6 Å². The molecule has 6 heteroatoms. The molecular formula is C10H19N3O3. The second-order valence-corrected chi connectivity index (χ2v) is 5.02. The molecule has 92 valence electrons. The SMILES string of the molecule is CC(C)(C)OC(=O)N[C@H]1C[C@@H](C(=O)NN)C1. The molecule has 0 aromatic rings. The number of nitrogens with one attached hydrogen (secondary N) is 2. The summed E-state index contributed by atoms with van der Waals surface area (Å²) >= 11 is 0. The number of carbonyl (C=O) groups is 2. The summed E-state index contributed by atoms with van der Waals surface area (Å²) in [7, 11) is 0. The summed E-state index contributed by atoms with van der Waals surface area (Å²) in [6.07, 6.45) is 0.786. The van der Waals surface area contributed by atoms with Crippen LogP contribution in [0.15, 0.2) is 0 Å². The van der Waals surface area contributed by atoms with Crippen molar-refractivity contribution < 1.29 is 14.3 Å². The van der Waals surface area contributed by atoms with Gasteiger partial charge in [0, 0.05) is 12.0 Å². The zero-order valence-corrected chi connectivity index (χ0v) is 9.87. The summed E-state index contributed by atoms with van der Waals surface area (Å²) in [6.45, 7) is 5.41. The lowest BCUT2D eigenvalue weighted by Crippen LogP contribution is -2.51. The van der Waals surface area contributed by atoms with Crippen molar-refractivity contribution in [1.82, 2.24) is 10.7 Å². The first-order valence-corrected chi connectivity index (χ1v) is 5.32. The molecule has 2 amide bonds. The third-order valence-corrected chi connectivity index (χ3v) is 2.37. The van der Waals surface area contributed by atoms with Gasteiger partial charge < -0.3 is 10.1 Å². The van der Waals surface area contributed by atoms with Crippen LogP contribution in [-0.4, -0.2) is 23.6 Å². The number of rotatable bonds is 2. The van der Waals surface area contributed by atoms with Crippen molar-refractivity contribution in [1.29, 1.82) is 0 Å². The van der Waals surface area contributed by atoms with Gasteiger partial charge in [-0.1, -0.05) is 0 Å². The Kier molecular flexibility index (Phi) is 3.74. The molecule has 0 bridgehead atoms. The predicted molar refractivity (Wildman–Crippen MR) is 58.2 cm³/mol. The van der Waals surface area contributed by atoms with Gasteiger partial charge in [0.25, 0.3) is 0 Å². The molecule has 6 nitrogen and oxygen atoms in total. The van der Waals surface area contributed by atoms with Crippen LogP contribution >= 0.6 is 0 Å². The Morgan fingerprint density at radius 2 is 1.88 bits per heavy atom. The van der Waals surface area contributed by atoms with Gasteiger partial charge in [0.2, 0.25) is 5.91 Å². The van der Waals surface area contributed by atoms with E-state index in [4.69, 9.17) is 10.6 Å². The molecule has 0 heterocycles. The first-order chi connectivity index (χ1) is 7.31. The Balaban J connectivity index is 2.22. The molecule has 1 fully saturated rings. The third kappa shape index (κ3) is 3.69. The fourth-order valence-electron chi connectivity index (χ4n) is 1.54. The standard InChI is InChI=1S/C10H19N3O3/c1-10(2,3)16-9(15)12-7-4-6(5-7)8(14)13-11/h6-7H,4-5,11H2,1-3H3,(H,12,15)(H,13,14)/t6-,7+. The smallest absolute Gasteiger partial charge is 0.407 e. The quantitative estimate of drug-likeness (QED) is 0.360. The molecule has 0 aliphatic heterocycles. The number of hydrogen-bond acceptors (Lipinski definition) is 4. The zero-order valence-electron chi connectivity index (χ0n) is 9.87. The maximum Gasteiger partial charge on any atom is 0.407 e. The number of hydrogen-bond donors (Lipinski definition) is 3. The van der Waals surface area contributed by atoms with Gasteiger partial charge in [-0.15, -0.1) is 0 Å². The molecule has 0 saturated heterocycles. The number of carbonyl (C=O) groups excluding carboxylic acids is 2. The highest BCUT2D eigenvalue weighted by Crippen LogP contribution is 2.27. The highest BCUT2D eigenvalue weighted by atomic mass is 16.6. The lowest BCUT2D eigenvalue weighted by atomic mass is 9.80. The van der Waals surface area contributed by atoms with Crippen LogP contribution in [-0.2, 0) is 9.53 Å². The number of amides is 2. The molecule has 0 radical (unpaired) electrons. The molecule has 16 heavy (non-hydrogen) atoms. The number of ether oxygens (including phenoxy) is 1. The van der Waals surface area contributed by atoms with E-state index < -0.39 is 11.7 Å². The topological polar surface area (TPSA) is 93.4 Å². The van der Waals surface area contributed by atoms with Crippen LogP contribution in [0.3, 0.4) is 0 Å². The lowest BCUT2D eigenvalue weighted by molar-refractivity contribution is -0.128. The fraction of sp³-hybridized carbons (Fsp3) is 0.800. The van der Waals surface area contributed by atoms with Crippen LogP contribution in [0.1, 0.15) is 33.6 Å². The third-order valence-electron chi connectivity index (χ3n) is 2.37. The first-order valence-electron chi connectivity index (χ1n) is 5.32. The minimum Gasteiger partial charge on any atom is -0.444 e. The summed E-state index contributed by atoms with van der Waals surface area (Å²) in [5.74, 6) is 4.73. The summed E-state index contributed by atoms with van der Waals surface area (Å²) in [4.78, 5) is 22.4. The summed E-state index contributed by atoms with van der Waals surface area (Å²) in [6, 6.07) is 0.0112. The molecule has 1 aliphatic rings. The van der Waals surface area contributed by atoms with Gasteiger partial charge in [0.1, 0.15) is 5.60 Å². The van der Waals surface area contributed by atoms with Crippen molar-refractivity contribution in [3.05, 3.63) is 0 Å². The zero-order chi connectivity index (χ0) is 12.3. The normalized spacial score (nSPS) is 24.2. The van der Waals surface area contributed by atoms with Gasteiger partial charge in [0.05, 0.1) is 0 Å². The van der Waals surface area contributed by atoms with Crippen molar-refractivity contribution in [2.75, 3.05) is 0 Å². The second kappa shape index (κ2) is 4.69. The van der Waals surface area contributed by atoms with Gasteiger partial charge in [-0.3, -0.25) is 10.2 Å². The Morgan fingerprint density at radius 1 is 1.31 bits per heavy atom.